The molecule has 0 aliphatic carbocycles. The van der Waals surface area contributed by atoms with E-state index in [0.29, 0.717) is 0 Å². The lowest BCUT2D eigenvalue weighted by Gasteiger charge is -1.85. The summed E-state index contributed by atoms with van der Waals surface area (Å²) < 4.78 is 0. The molecule has 3 nitrogen and oxygen atoms in total. The minimum atomic E-state index is -0.766. The maximum Gasteiger partial charge on any atom is 0.308 e. The van der Waals surface area contributed by atoms with Gasteiger partial charge in [0, 0.05) is 10.6 Å². The third-order valence-electron chi connectivity index (χ3n) is 1.71. The summed E-state index contributed by atoms with van der Waals surface area (Å²) >= 11 is 1.47. The highest BCUT2D eigenvalue weighted by Gasteiger charge is 1.98. The Bertz CT molecular complexity index is 412. The summed E-state index contributed by atoms with van der Waals surface area (Å²) in [6.07, 6.45) is 0.150. The van der Waals surface area contributed by atoms with Crippen molar-refractivity contribution in [2.45, 2.75) is 6.42 Å². The number of aliphatic carboxylic acids is 1. The molecule has 0 amide bonds. The van der Waals surface area contributed by atoms with Crippen LogP contribution in [0.3, 0.4) is 0 Å². The van der Waals surface area contributed by atoms with Crippen molar-refractivity contribution >= 4 is 23.0 Å². The first-order valence-corrected chi connectivity index (χ1v) is 5.61. The van der Waals surface area contributed by atoms with Crippen LogP contribution in [0, 0.1) is 0 Å². The number of para-hydroxylation sites is 1. The molecule has 0 spiro atoms. The van der Waals surface area contributed by atoms with Crippen molar-refractivity contribution in [1.29, 1.82) is 0 Å². The monoisotopic (exact) mass is 235 g/mol. The topological polar surface area (TPSA) is 63.3 Å². The third kappa shape index (κ3) is 5.17. The smallest absolute Gasteiger partial charge is 0.308 e. The molecule has 0 atom stereocenters. The predicted octanol–water partition coefficient (Wildman–Crippen LogP) is 2.64. The highest BCUT2D eigenvalue weighted by Crippen LogP contribution is 2.08. The zero-order valence-corrected chi connectivity index (χ0v) is 9.48. The molecule has 0 bridgehead atoms. The molecular formula is C12H13NO2S. The predicted molar refractivity (Wildman–Crippen MR) is 66.5 cm³/mol. The van der Waals surface area contributed by atoms with Gasteiger partial charge in [0.15, 0.2) is 0 Å². The van der Waals surface area contributed by atoms with Crippen LogP contribution in [0.1, 0.15) is 4.88 Å². The van der Waals surface area contributed by atoms with Crippen LogP contribution in [0.4, 0.5) is 5.69 Å². The molecule has 16 heavy (non-hydrogen) atoms. The van der Waals surface area contributed by atoms with Crippen LogP contribution in [-0.2, 0) is 11.2 Å². The number of carboxylic acids is 1. The number of carboxylic acid groups (broad SMARTS) is 1. The number of hydrogen-bond donors (Lipinski definition) is 2. The largest absolute Gasteiger partial charge is 0.481 e. The number of hydrogen-bond acceptors (Lipinski definition) is 3. The Morgan fingerprint density at radius 3 is 2.25 bits per heavy atom. The number of carbonyl (C=O) groups is 1. The van der Waals surface area contributed by atoms with Gasteiger partial charge in [-0.15, -0.1) is 11.3 Å². The van der Waals surface area contributed by atoms with E-state index in [2.05, 4.69) is 0 Å². The standard InChI is InChI=1S/C6H7N.C6H6O2S/c7-6-4-2-1-3-5-6;7-6(8)4-5-2-1-3-9-5/h1-5H,7H2;1-3H,4H2,(H,7,8). The van der Waals surface area contributed by atoms with E-state index in [1.165, 1.54) is 11.3 Å². The van der Waals surface area contributed by atoms with Gasteiger partial charge in [-0.05, 0) is 23.6 Å². The molecule has 0 radical (unpaired) electrons. The van der Waals surface area contributed by atoms with Gasteiger partial charge in [0.2, 0.25) is 0 Å². The first-order valence-electron chi connectivity index (χ1n) is 4.73. The van der Waals surface area contributed by atoms with Gasteiger partial charge >= 0.3 is 5.97 Å². The molecule has 1 aromatic carbocycles. The second-order valence-electron chi connectivity index (χ2n) is 3.06. The molecule has 1 heterocycles. The molecule has 1 aromatic heterocycles. The second kappa shape index (κ2) is 6.63. The van der Waals surface area contributed by atoms with E-state index < -0.39 is 5.97 Å². The van der Waals surface area contributed by atoms with Crippen LogP contribution in [0.2, 0.25) is 0 Å². The Morgan fingerprint density at radius 1 is 1.19 bits per heavy atom. The van der Waals surface area contributed by atoms with Gasteiger partial charge in [-0.1, -0.05) is 24.3 Å². The quantitative estimate of drug-likeness (QED) is 0.786. The lowest BCUT2D eigenvalue weighted by atomic mass is 10.3. The van der Waals surface area contributed by atoms with Gasteiger partial charge in [-0.2, -0.15) is 0 Å². The molecular weight excluding hydrogens is 222 g/mol. The number of anilines is 1. The van der Waals surface area contributed by atoms with Crippen LogP contribution in [-0.4, -0.2) is 11.1 Å². The van der Waals surface area contributed by atoms with Crippen molar-refractivity contribution in [3.8, 4) is 0 Å². The van der Waals surface area contributed by atoms with E-state index in [0.717, 1.165) is 10.6 Å². The fourth-order valence-corrected chi connectivity index (χ4v) is 1.71. The van der Waals surface area contributed by atoms with Crippen molar-refractivity contribution in [2.75, 3.05) is 5.73 Å². The highest BCUT2D eigenvalue weighted by atomic mass is 32.1. The van der Waals surface area contributed by atoms with Gasteiger partial charge in [-0.25, -0.2) is 0 Å². The third-order valence-corrected chi connectivity index (χ3v) is 2.58. The Balaban J connectivity index is 0.000000165. The molecule has 0 fully saturated rings. The zero-order valence-electron chi connectivity index (χ0n) is 8.67. The van der Waals surface area contributed by atoms with Crippen LogP contribution in [0.15, 0.2) is 47.8 Å². The van der Waals surface area contributed by atoms with Gasteiger partial charge in [-0.3, -0.25) is 4.79 Å². The number of thiophene rings is 1. The summed E-state index contributed by atoms with van der Waals surface area (Å²) in [5.41, 5.74) is 6.18. The summed E-state index contributed by atoms with van der Waals surface area (Å²) in [7, 11) is 0. The molecule has 0 unspecified atom stereocenters. The van der Waals surface area contributed by atoms with E-state index in [-0.39, 0.29) is 6.42 Å². The van der Waals surface area contributed by atoms with Crippen molar-refractivity contribution in [3.63, 3.8) is 0 Å². The zero-order chi connectivity index (χ0) is 11.8. The molecule has 2 rings (SSSR count). The number of nitrogens with two attached hydrogens (primary N) is 1. The number of rotatable bonds is 2. The second-order valence-corrected chi connectivity index (χ2v) is 4.09. The normalized spacial score (nSPS) is 9.00. The van der Waals surface area contributed by atoms with E-state index in [4.69, 9.17) is 10.8 Å². The van der Waals surface area contributed by atoms with E-state index in [9.17, 15) is 4.79 Å². The summed E-state index contributed by atoms with van der Waals surface area (Å²) in [5, 5.41) is 10.2. The van der Waals surface area contributed by atoms with E-state index in [1.54, 1.807) is 0 Å². The minimum absolute atomic E-state index is 0.150. The van der Waals surface area contributed by atoms with Crippen molar-refractivity contribution in [1.82, 2.24) is 0 Å². The summed E-state index contributed by atoms with van der Waals surface area (Å²) in [6, 6.07) is 13.2. The Labute approximate surface area is 98.2 Å². The van der Waals surface area contributed by atoms with Crippen molar-refractivity contribution < 1.29 is 9.90 Å². The highest BCUT2D eigenvalue weighted by molar-refractivity contribution is 7.10. The maximum absolute atomic E-state index is 10.1. The SMILES string of the molecule is Nc1ccccc1.O=C(O)Cc1cccs1. The minimum Gasteiger partial charge on any atom is -0.481 e. The molecule has 2 aromatic rings. The molecule has 0 saturated carbocycles. The van der Waals surface area contributed by atoms with E-state index >= 15 is 0 Å². The van der Waals surface area contributed by atoms with Gasteiger partial charge in [0.05, 0.1) is 6.42 Å². The number of benzene rings is 1. The Kier molecular flexibility index (Phi) is 5.08. The van der Waals surface area contributed by atoms with Gasteiger partial charge in [0.25, 0.3) is 0 Å². The molecule has 84 valence electrons. The average Bonchev–Trinajstić information content (AvgIpc) is 2.71. The summed E-state index contributed by atoms with van der Waals surface area (Å²) in [5.74, 6) is -0.766. The van der Waals surface area contributed by atoms with Crippen LogP contribution < -0.4 is 5.73 Å². The summed E-state index contributed by atoms with van der Waals surface area (Å²) in [6.45, 7) is 0. The van der Waals surface area contributed by atoms with E-state index in [1.807, 2.05) is 47.8 Å². The van der Waals surface area contributed by atoms with Gasteiger partial charge < -0.3 is 10.8 Å². The van der Waals surface area contributed by atoms with Crippen molar-refractivity contribution in [3.05, 3.63) is 52.7 Å². The lowest BCUT2D eigenvalue weighted by Crippen LogP contribution is -1.96. The molecule has 3 N–H and O–H groups in total. The molecule has 0 saturated heterocycles. The summed E-state index contributed by atoms with van der Waals surface area (Å²) in [4.78, 5) is 11.0. The number of nitrogen functional groups attached to an aromatic ring is 1. The van der Waals surface area contributed by atoms with Crippen molar-refractivity contribution in [2.24, 2.45) is 0 Å². The fraction of sp³-hybridized carbons (Fsp3) is 0.0833. The Hall–Kier alpha value is -1.81. The van der Waals surface area contributed by atoms with Gasteiger partial charge in [0.1, 0.15) is 0 Å². The lowest BCUT2D eigenvalue weighted by molar-refractivity contribution is -0.136. The first kappa shape index (κ1) is 12.3. The van der Waals surface area contributed by atoms with Crippen LogP contribution in [0.25, 0.3) is 0 Å². The first-order chi connectivity index (χ1) is 7.68. The maximum atomic E-state index is 10.1. The van der Waals surface area contributed by atoms with Crippen LogP contribution in [0.5, 0.6) is 0 Å². The average molecular weight is 235 g/mol. The molecule has 4 heteroatoms. The molecule has 0 aliphatic rings. The van der Waals surface area contributed by atoms with Crippen LogP contribution >= 0.6 is 11.3 Å². The fourth-order valence-electron chi connectivity index (χ4n) is 1.02. The Morgan fingerprint density at radius 2 is 1.88 bits per heavy atom. The molecule has 0 aliphatic heterocycles.